The zero-order valence-corrected chi connectivity index (χ0v) is 14.2. The van der Waals surface area contributed by atoms with E-state index in [1.54, 1.807) is 6.26 Å². The first-order valence-electron chi connectivity index (χ1n) is 7.07. The van der Waals surface area contributed by atoms with Gasteiger partial charge in [-0.3, -0.25) is 4.79 Å². The molecule has 0 aliphatic carbocycles. The van der Waals surface area contributed by atoms with Crippen molar-refractivity contribution in [3.63, 3.8) is 0 Å². The van der Waals surface area contributed by atoms with Gasteiger partial charge in [-0.25, -0.2) is 4.98 Å². The van der Waals surface area contributed by atoms with Crippen LogP contribution in [0.2, 0.25) is 0 Å². The number of nitrogens with two attached hydrogens (primary N) is 1. The van der Waals surface area contributed by atoms with E-state index < -0.39 is 17.6 Å². The summed E-state index contributed by atoms with van der Waals surface area (Å²) >= 11 is 1.19. The maximum absolute atomic E-state index is 12.7. The fourth-order valence-corrected chi connectivity index (χ4v) is 2.51. The number of hydrogen-bond donors (Lipinski definition) is 3. The molecule has 0 unspecified atom stereocenters. The summed E-state index contributed by atoms with van der Waals surface area (Å²) in [6.07, 6.45) is -2.81. The van der Waals surface area contributed by atoms with Crippen LogP contribution in [0.4, 0.5) is 30.6 Å². The number of nitrogen functional groups attached to an aromatic ring is 1. The third-order valence-electron chi connectivity index (χ3n) is 3.09. The standard InChI is InChI=1S/C15H13F3N6OS/c1-26-13-10(6-19)12(23-14(20)24-13)21-7-11(25)22-9-4-2-3-8(5-9)15(16,17)18/h2-5H,7H2,1H3,(H,22,25)(H3,20,21,23,24). The van der Waals surface area contributed by atoms with E-state index in [4.69, 9.17) is 5.73 Å². The predicted molar refractivity (Wildman–Crippen MR) is 91.5 cm³/mol. The van der Waals surface area contributed by atoms with Crippen molar-refractivity contribution in [2.24, 2.45) is 0 Å². The molecule has 0 aliphatic rings. The maximum Gasteiger partial charge on any atom is 0.416 e. The number of benzene rings is 1. The van der Waals surface area contributed by atoms with Crippen LogP contribution in [0.15, 0.2) is 29.3 Å². The van der Waals surface area contributed by atoms with Gasteiger partial charge in [0.25, 0.3) is 0 Å². The van der Waals surface area contributed by atoms with E-state index in [0.717, 1.165) is 12.1 Å². The Morgan fingerprint density at radius 1 is 1.38 bits per heavy atom. The van der Waals surface area contributed by atoms with Gasteiger partial charge in [0.1, 0.15) is 16.7 Å². The lowest BCUT2D eigenvalue weighted by Crippen LogP contribution is -2.23. The second kappa shape index (κ2) is 7.92. The van der Waals surface area contributed by atoms with Gasteiger partial charge in [-0.05, 0) is 24.5 Å². The number of hydrogen-bond acceptors (Lipinski definition) is 7. The van der Waals surface area contributed by atoms with E-state index in [0.29, 0.717) is 5.03 Å². The summed E-state index contributed by atoms with van der Waals surface area (Å²) in [5.41, 5.74) is 4.80. The molecule has 7 nitrogen and oxygen atoms in total. The van der Waals surface area contributed by atoms with Crippen LogP contribution >= 0.6 is 11.8 Å². The lowest BCUT2D eigenvalue weighted by molar-refractivity contribution is -0.137. The summed E-state index contributed by atoms with van der Waals surface area (Å²) in [7, 11) is 0. The van der Waals surface area contributed by atoms with Gasteiger partial charge in [-0.15, -0.1) is 11.8 Å². The van der Waals surface area contributed by atoms with Gasteiger partial charge in [-0.2, -0.15) is 23.4 Å². The van der Waals surface area contributed by atoms with E-state index >= 15 is 0 Å². The van der Waals surface area contributed by atoms with Crippen molar-refractivity contribution in [3.8, 4) is 6.07 Å². The SMILES string of the molecule is CSc1nc(N)nc(NCC(=O)Nc2cccc(C(F)(F)F)c2)c1C#N. The first kappa shape index (κ1) is 19.3. The average Bonchev–Trinajstić information content (AvgIpc) is 2.58. The highest BCUT2D eigenvalue weighted by atomic mass is 32.2. The first-order chi connectivity index (χ1) is 12.2. The van der Waals surface area contributed by atoms with E-state index in [9.17, 15) is 23.2 Å². The predicted octanol–water partition coefficient (Wildman–Crippen LogP) is 2.72. The lowest BCUT2D eigenvalue weighted by atomic mass is 10.2. The zero-order chi connectivity index (χ0) is 19.3. The zero-order valence-electron chi connectivity index (χ0n) is 13.4. The first-order valence-corrected chi connectivity index (χ1v) is 8.29. The van der Waals surface area contributed by atoms with Crippen molar-refractivity contribution in [2.75, 3.05) is 29.2 Å². The number of carbonyl (C=O) groups excluding carboxylic acids is 1. The number of anilines is 3. The molecule has 1 heterocycles. The van der Waals surface area contributed by atoms with Gasteiger partial charge < -0.3 is 16.4 Å². The smallest absolute Gasteiger partial charge is 0.368 e. The lowest BCUT2D eigenvalue weighted by Gasteiger charge is -2.12. The highest BCUT2D eigenvalue weighted by Crippen LogP contribution is 2.30. The monoisotopic (exact) mass is 382 g/mol. The number of halogens is 3. The Morgan fingerprint density at radius 2 is 2.12 bits per heavy atom. The third-order valence-corrected chi connectivity index (χ3v) is 3.77. The maximum atomic E-state index is 12.7. The fourth-order valence-electron chi connectivity index (χ4n) is 1.98. The topological polar surface area (TPSA) is 117 Å². The average molecular weight is 382 g/mol. The van der Waals surface area contributed by atoms with Gasteiger partial charge in [0.15, 0.2) is 5.82 Å². The van der Waals surface area contributed by atoms with Gasteiger partial charge in [0, 0.05) is 5.69 Å². The molecule has 0 radical (unpaired) electrons. The minimum atomic E-state index is -4.51. The van der Waals surface area contributed by atoms with Crippen molar-refractivity contribution in [1.82, 2.24) is 9.97 Å². The largest absolute Gasteiger partial charge is 0.416 e. The van der Waals surface area contributed by atoms with Crippen molar-refractivity contribution in [1.29, 1.82) is 5.26 Å². The summed E-state index contributed by atoms with van der Waals surface area (Å²) in [4.78, 5) is 19.7. The molecule has 2 rings (SSSR count). The highest BCUT2D eigenvalue weighted by molar-refractivity contribution is 7.98. The number of nitrogens with one attached hydrogen (secondary N) is 2. The van der Waals surface area contributed by atoms with Crippen molar-refractivity contribution >= 4 is 35.1 Å². The number of thioether (sulfide) groups is 1. The van der Waals surface area contributed by atoms with Crippen LogP contribution in [-0.2, 0) is 11.0 Å². The molecule has 136 valence electrons. The molecule has 0 spiro atoms. The number of carbonyl (C=O) groups is 1. The molecular weight excluding hydrogens is 369 g/mol. The number of amides is 1. The van der Waals surface area contributed by atoms with Crippen LogP contribution in [-0.4, -0.2) is 28.7 Å². The molecule has 0 atom stereocenters. The summed E-state index contributed by atoms with van der Waals surface area (Å²) in [6, 6.07) is 6.17. The Kier molecular flexibility index (Phi) is 5.89. The number of rotatable bonds is 5. The van der Waals surface area contributed by atoms with E-state index in [1.807, 2.05) is 6.07 Å². The molecule has 1 aromatic heterocycles. The molecular formula is C15H13F3N6OS. The quantitative estimate of drug-likeness (QED) is 0.538. The highest BCUT2D eigenvalue weighted by Gasteiger charge is 2.30. The molecule has 0 saturated heterocycles. The Bertz CT molecular complexity index is 865. The summed E-state index contributed by atoms with van der Waals surface area (Å²) in [5.74, 6) is -0.617. The fraction of sp³-hybridized carbons (Fsp3) is 0.200. The molecule has 0 bridgehead atoms. The summed E-state index contributed by atoms with van der Waals surface area (Å²) in [5, 5.41) is 14.5. The Hall–Kier alpha value is -3.00. The van der Waals surface area contributed by atoms with Gasteiger partial charge >= 0.3 is 6.18 Å². The van der Waals surface area contributed by atoms with Gasteiger partial charge in [0.2, 0.25) is 11.9 Å². The Balaban J connectivity index is 2.09. The molecule has 26 heavy (non-hydrogen) atoms. The van der Waals surface area contributed by atoms with Crippen LogP contribution in [0.5, 0.6) is 0 Å². The normalized spacial score (nSPS) is 10.9. The molecule has 2 aromatic rings. The number of nitriles is 1. The van der Waals surface area contributed by atoms with Crippen LogP contribution < -0.4 is 16.4 Å². The van der Waals surface area contributed by atoms with Gasteiger partial charge in [0.05, 0.1) is 12.1 Å². The van der Waals surface area contributed by atoms with E-state index in [-0.39, 0.29) is 29.6 Å². The number of nitrogens with zero attached hydrogens (tertiary/aromatic N) is 3. The summed E-state index contributed by atoms with van der Waals surface area (Å²) in [6.45, 7) is -0.324. The van der Waals surface area contributed by atoms with Gasteiger partial charge in [-0.1, -0.05) is 6.07 Å². The number of alkyl halides is 3. The Labute approximate surface area is 150 Å². The minimum Gasteiger partial charge on any atom is -0.368 e. The molecule has 0 saturated carbocycles. The number of aromatic nitrogens is 2. The van der Waals surface area contributed by atoms with Crippen molar-refractivity contribution < 1.29 is 18.0 Å². The van der Waals surface area contributed by atoms with E-state index in [2.05, 4.69) is 20.6 Å². The molecule has 4 N–H and O–H groups in total. The molecule has 1 aromatic carbocycles. The van der Waals surface area contributed by atoms with E-state index in [1.165, 1.54) is 23.9 Å². The Morgan fingerprint density at radius 3 is 2.73 bits per heavy atom. The molecule has 11 heteroatoms. The minimum absolute atomic E-state index is 0.000800. The molecule has 1 amide bonds. The van der Waals surface area contributed by atoms with Crippen LogP contribution in [0.1, 0.15) is 11.1 Å². The van der Waals surface area contributed by atoms with Crippen LogP contribution in [0.25, 0.3) is 0 Å². The summed E-state index contributed by atoms with van der Waals surface area (Å²) < 4.78 is 38.1. The molecule has 0 aliphatic heterocycles. The third kappa shape index (κ3) is 4.76. The van der Waals surface area contributed by atoms with Crippen LogP contribution in [0.3, 0.4) is 0 Å². The molecule has 0 fully saturated rings. The van der Waals surface area contributed by atoms with Crippen molar-refractivity contribution in [2.45, 2.75) is 11.2 Å². The van der Waals surface area contributed by atoms with Crippen molar-refractivity contribution in [3.05, 3.63) is 35.4 Å². The second-order valence-corrected chi connectivity index (χ2v) is 5.70. The second-order valence-electron chi connectivity index (χ2n) is 4.91. The van der Waals surface area contributed by atoms with Crippen LogP contribution in [0, 0.1) is 11.3 Å².